The minimum atomic E-state index is -0.375. The molecule has 0 saturated carbocycles. The van der Waals surface area contributed by atoms with E-state index in [0.717, 1.165) is 48.5 Å². The van der Waals surface area contributed by atoms with Crippen molar-refractivity contribution in [3.63, 3.8) is 0 Å². The van der Waals surface area contributed by atoms with E-state index in [0.29, 0.717) is 6.54 Å². The van der Waals surface area contributed by atoms with Crippen molar-refractivity contribution < 1.29 is 4.52 Å². The SMILES string of the molecule is N#CC1(c2ccccc2)CCN(Cc2cc(-c3cccnc3)no2)CC1. The second-order valence-electron chi connectivity index (χ2n) is 6.76. The van der Waals surface area contributed by atoms with E-state index in [4.69, 9.17) is 4.52 Å². The summed E-state index contributed by atoms with van der Waals surface area (Å²) in [7, 11) is 0. The van der Waals surface area contributed by atoms with Crippen molar-refractivity contribution in [1.82, 2.24) is 15.0 Å². The molecule has 2 aromatic heterocycles. The number of nitriles is 1. The van der Waals surface area contributed by atoms with Gasteiger partial charge in [-0.2, -0.15) is 5.26 Å². The van der Waals surface area contributed by atoms with Crippen molar-refractivity contribution in [2.45, 2.75) is 24.8 Å². The molecule has 0 spiro atoms. The zero-order chi connectivity index (χ0) is 17.8. The van der Waals surface area contributed by atoms with Crippen molar-refractivity contribution in [3.8, 4) is 17.3 Å². The Labute approximate surface area is 152 Å². The number of nitrogens with zero attached hydrogens (tertiary/aromatic N) is 4. The van der Waals surface area contributed by atoms with E-state index >= 15 is 0 Å². The summed E-state index contributed by atoms with van der Waals surface area (Å²) in [5.41, 5.74) is 2.51. The summed E-state index contributed by atoms with van der Waals surface area (Å²) in [6.07, 6.45) is 5.18. The fraction of sp³-hybridized carbons (Fsp3) is 0.286. The van der Waals surface area contributed by atoms with Gasteiger partial charge in [0.2, 0.25) is 0 Å². The number of likely N-dealkylation sites (tertiary alicyclic amines) is 1. The maximum Gasteiger partial charge on any atom is 0.151 e. The Morgan fingerprint density at radius 2 is 1.92 bits per heavy atom. The van der Waals surface area contributed by atoms with Crippen LogP contribution in [0.15, 0.2) is 65.4 Å². The van der Waals surface area contributed by atoms with E-state index in [-0.39, 0.29) is 5.41 Å². The van der Waals surface area contributed by atoms with Crippen LogP contribution < -0.4 is 0 Å². The lowest BCUT2D eigenvalue weighted by Gasteiger charge is -2.37. The van der Waals surface area contributed by atoms with Crippen LogP contribution in [0.1, 0.15) is 24.2 Å². The highest BCUT2D eigenvalue weighted by molar-refractivity contribution is 5.57. The Morgan fingerprint density at radius 3 is 2.62 bits per heavy atom. The number of piperidine rings is 1. The fourth-order valence-corrected chi connectivity index (χ4v) is 3.57. The molecule has 130 valence electrons. The topological polar surface area (TPSA) is 66.0 Å². The summed E-state index contributed by atoms with van der Waals surface area (Å²) in [6, 6.07) is 18.5. The molecule has 0 aliphatic carbocycles. The number of hydrogen-bond donors (Lipinski definition) is 0. The predicted octanol–water partition coefficient (Wildman–Crippen LogP) is 3.79. The Morgan fingerprint density at radius 1 is 1.12 bits per heavy atom. The highest BCUT2D eigenvalue weighted by atomic mass is 16.5. The lowest BCUT2D eigenvalue weighted by molar-refractivity contribution is 0.163. The molecule has 1 aromatic carbocycles. The van der Waals surface area contributed by atoms with Gasteiger partial charge in [-0.3, -0.25) is 9.88 Å². The second kappa shape index (κ2) is 7.11. The third kappa shape index (κ3) is 3.24. The van der Waals surface area contributed by atoms with Crippen molar-refractivity contribution >= 4 is 0 Å². The molecule has 5 nitrogen and oxygen atoms in total. The minimum absolute atomic E-state index is 0.375. The van der Waals surface area contributed by atoms with Crippen LogP contribution in [0.5, 0.6) is 0 Å². The van der Waals surface area contributed by atoms with E-state index in [1.165, 1.54) is 0 Å². The van der Waals surface area contributed by atoms with Crippen molar-refractivity contribution in [1.29, 1.82) is 5.26 Å². The summed E-state index contributed by atoms with van der Waals surface area (Å²) < 4.78 is 5.50. The molecule has 26 heavy (non-hydrogen) atoms. The highest BCUT2D eigenvalue weighted by Crippen LogP contribution is 2.35. The Balaban J connectivity index is 1.42. The molecule has 0 amide bonds. The quantitative estimate of drug-likeness (QED) is 0.720. The lowest BCUT2D eigenvalue weighted by Crippen LogP contribution is -2.41. The first kappa shape index (κ1) is 16.5. The molecule has 0 bridgehead atoms. The van der Waals surface area contributed by atoms with Gasteiger partial charge in [0.1, 0.15) is 5.69 Å². The molecule has 1 aliphatic rings. The number of rotatable bonds is 4. The van der Waals surface area contributed by atoms with Crippen LogP contribution in [-0.4, -0.2) is 28.1 Å². The summed E-state index contributed by atoms with van der Waals surface area (Å²) >= 11 is 0. The summed E-state index contributed by atoms with van der Waals surface area (Å²) in [6.45, 7) is 2.44. The molecule has 1 aliphatic heterocycles. The van der Waals surface area contributed by atoms with Crippen LogP contribution in [0.3, 0.4) is 0 Å². The van der Waals surface area contributed by atoms with Crippen molar-refractivity contribution in [3.05, 3.63) is 72.2 Å². The maximum absolute atomic E-state index is 9.80. The van der Waals surface area contributed by atoms with Crippen LogP contribution in [0.2, 0.25) is 0 Å². The van der Waals surface area contributed by atoms with Gasteiger partial charge in [0, 0.05) is 37.1 Å². The Bertz CT molecular complexity index is 891. The third-order valence-electron chi connectivity index (χ3n) is 5.15. The van der Waals surface area contributed by atoms with Gasteiger partial charge in [-0.1, -0.05) is 35.5 Å². The summed E-state index contributed by atoms with van der Waals surface area (Å²) in [4.78, 5) is 6.44. The number of aromatic nitrogens is 2. The van der Waals surface area contributed by atoms with Gasteiger partial charge in [0.05, 0.1) is 18.0 Å². The molecule has 1 saturated heterocycles. The van der Waals surface area contributed by atoms with Crippen LogP contribution in [-0.2, 0) is 12.0 Å². The lowest BCUT2D eigenvalue weighted by atomic mass is 9.74. The van der Waals surface area contributed by atoms with Crippen LogP contribution in [0.25, 0.3) is 11.3 Å². The molecule has 5 heteroatoms. The standard InChI is InChI=1S/C21H20N4O/c22-16-21(18-6-2-1-3-7-18)8-11-25(12-9-21)15-19-13-20(24-26-19)17-5-4-10-23-14-17/h1-7,10,13-14H,8-9,11-12,15H2. The van der Waals surface area contributed by atoms with Crippen molar-refractivity contribution in [2.75, 3.05) is 13.1 Å². The van der Waals surface area contributed by atoms with Crippen LogP contribution >= 0.6 is 0 Å². The monoisotopic (exact) mass is 344 g/mol. The van der Waals surface area contributed by atoms with Crippen LogP contribution in [0.4, 0.5) is 0 Å². The third-order valence-corrected chi connectivity index (χ3v) is 5.15. The molecular formula is C21H20N4O. The average molecular weight is 344 g/mol. The zero-order valence-electron chi connectivity index (χ0n) is 14.5. The smallest absolute Gasteiger partial charge is 0.151 e. The molecule has 4 rings (SSSR count). The molecular weight excluding hydrogens is 324 g/mol. The first-order valence-corrected chi connectivity index (χ1v) is 8.84. The van der Waals surface area contributed by atoms with Crippen LogP contribution in [0, 0.1) is 11.3 Å². The van der Waals surface area contributed by atoms with E-state index in [9.17, 15) is 5.26 Å². The minimum Gasteiger partial charge on any atom is -0.359 e. The molecule has 3 heterocycles. The fourth-order valence-electron chi connectivity index (χ4n) is 3.57. The van der Waals surface area contributed by atoms with Gasteiger partial charge in [-0.05, 0) is 30.5 Å². The van der Waals surface area contributed by atoms with Gasteiger partial charge < -0.3 is 4.52 Å². The Kier molecular flexibility index (Phi) is 4.51. The van der Waals surface area contributed by atoms with E-state index in [2.05, 4.69) is 33.2 Å². The predicted molar refractivity (Wildman–Crippen MR) is 98.0 cm³/mol. The van der Waals surface area contributed by atoms with Gasteiger partial charge >= 0.3 is 0 Å². The molecule has 0 radical (unpaired) electrons. The molecule has 3 aromatic rings. The molecule has 1 fully saturated rings. The van der Waals surface area contributed by atoms with Crippen molar-refractivity contribution in [2.24, 2.45) is 0 Å². The first-order chi connectivity index (χ1) is 12.8. The molecule has 0 N–H and O–H groups in total. The van der Waals surface area contributed by atoms with Gasteiger partial charge in [0.15, 0.2) is 5.76 Å². The maximum atomic E-state index is 9.80. The highest BCUT2D eigenvalue weighted by Gasteiger charge is 2.36. The van der Waals surface area contributed by atoms with E-state index < -0.39 is 0 Å². The number of benzene rings is 1. The summed E-state index contributed by atoms with van der Waals surface area (Å²) in [5.74, 6) is 0.841. The normalized spacial score (nSPS) is 16.9. The molecule has 0 atom stereocenters. The molecule has 0 unspecified atom stereocenters. The summed E-state index contributed by atoms with van der Waals surface area (Å²) in [5, 5.41) is 13.9. The van der Waals surface area contributed by atoms with Gasteiger partial charge in [0.25, 0.3) is 0 Å². The largest absolute Gasteiger partial charge is 0.359 e. The number of hydrogen-bond acceptors (Lipinski definition) is 5. The zero-order valence-corrected chi connectivity index (χ0v) is 14.5. The number of pyridine rings is 1. The van der Waals surface area contributed by atoms with Gasteiger partial charge in [-0.25, -0.2) is 0 Å². The average Bonchev–Trinajstić information content (AvgIpc) is 3.19. The second-order valence-corrected chi connectivity index (χ2v) is 6.76. The Hall–Kier alpha value is -2.97. The van der Waals surface area contributed by atoms with E-state index in [1.54, 1.807) is 12.4 Å². The first-order valence-electron chi connectivity index (χ1n) is 8.84. The van der Waals surface area contributed by atoms with E-state index in [1.807, 2.05) is 36.4 Å². The van der Waals surface area contributed by atoms with Gasteiger partial charge in [-0.15, -0.1) is 0 Å².